The minimum absolute atomic E-state index is 0.127. The number of nitrogens with zero attached hydrogens (tertiary/aromatic N) is 3. The number of rotatable bonds is 3. The molecule has 1 aromatic heterocycles. The van der Waals surface area contributed by atoms with Gasteiger partial charge in [-0.25, -0.2) is 0 Å². The number of fused-ring (bicyclic) bond motifs is 1. The molecule has 4 heteroatoms. The molecule has 1 fully saturated rings. The summed E-state index contributed by atoms with van der Waals surface area (Å²) in [4.78, 5) is 20.9. The number of carbonyl (C=O) groups excluding carboxylic acids is 1. The SMILES string of the molecule is CC/C=C/C(=O)N1CCN(c2ccnc3c(C)cccc23)CC1. The van der Waals surface area contributed by atoms with E-state index in [0.29, 0.717) is 0 Å². The summed E-state index contributed by atoms with van der Waals surface area (Å²) in [5.74, 6) is 0.127. The molecule has 0 spiro atoms. The average Bonchev–Trinajstić information content (AvgIpc) is 2.60. The molecule has 23 heavy (non-hydrogen) atoms. The number of amides is 1. The van der Waals surface area contributed by atoms with Gasteiger partial charge in [-0.1, -0.05) is 31.2 Å². The number of allylic oxidation sites excluding steroid dienone is 1. The van der Waals surface area contributed by atoms with Crippen molar-refractivity contribution in [2.24, 2.45) is 0 Å². The normalized spacial score (nSPS) is 15.6. The molecule has 1 aliphatic rings. The van der Waals surface area contributed by atoms with Crippen LogP contribution in [0.4, 0.5) is 5.69 Å². The second kappa shape index (κ2) is 6.82. The molecule has 0 N–H and O–H groups in total. The van der Waals surface area contributed by atoms with Crippen LogP contribution in [0.2, 0.25) is 0 Å². The Kier molecular flexibility index (Phi) is 4.60. The molecule has 0 bridgehead atoms. The molecule has 1 aromatic carbocycles. The molecule has 0 atom stereocenters. The lowest BCUT2D eigenvalue weighted by atomic mass is 10.1. The van der Waals surface area contributed by atoms with Crippen LogP contribution in [0.3, 0.4) is 0 Å². The maximum absolute atomic E-state index is 12.1. The molecule has 0 aliphatic carbocycles. The van der Waals surface area contributed by atoms with Crippen molar-refractivity contribution >= 4 is 22.5 Å². The Hall–Kier alpha value is -2.36. The van der Waals surface area contributed by atoms with Crippen LogP contribution in [0.1, 0.15) is 18.9 Å². The number of anilines is 1. The van der Waals surface area contributed by atoms with E-state index in [9.17, 15) is 4.79 Å². The van der Waals surface area contributed by atoms with E-state index in [2.05, 4.69) is 41.1 Å². The molecule has 1 amide bonds. The lowest BCUT2D eigenvalue weighted by molar-refractivity contribution is -0.126. The van der Waals surface area contributed by atoms with Gasteiger partial charge in [-0.15, -0.1) is 0 Å². The van der Waals surface area contributed by atoms with E-state index in [4.69, 9.17) is 0 Å². The molecule has 4 nitrogen and oxygen atoms in total. The van der Waals surface area contributed by atoms with Crippen LogP contribution >= 0.6 is 0 Å². The minimum atomic E-state index is 0.127. The highest BCUT2D eigenvalue weighted by Gasteiger charge is 2.21. The zero-order valence-corrected chi connectivity index (χ0v) is 13.8. The highest BCUT2D eigenvalue weighted by molar-refractivity contribution is 5.93. The smallest absolute Gasteiger partial charge is 0.246 e. The van der Waals surface area contributed by atoms with Crippen LogP contribution in [-0.2, 0) is 4.79 Å². The zero-order chi connectivity index (χ0) is 16.2. The number of hydrogen-bond donors (Lipinski definition) is 0. The fourth-order valence-electron chi connectivity index (χ4n) is 3.08. The second-order valence-electron chi connectivity index (χ2n) is 5.92. The molecule has 120 valence electrons. The van der Waals surface area contributed by atoms with Crippen molar-refractivity contribution in [2.45, 2.75) is 20.3 Å². The molecule has 1 aliphatic heterocycles. The van der Waals surface area contributed by atoms with Crippen LogP contribution in [0.5, 0.6) is 0 Å². The Labute approximate surface area is 137 Å². The van der Waals surface area contributed by atoms with E-state index in [1.54, 1.807) is 6.08 Å². The lowest BCUT2D eigenvalue weighted by Crippen LogP contribution is -2.48. The Morgan fingerprint density at radius 1 is 1.22 bits per heavy atom. The van der Waals surface area contributed by atoms with Crippen molar-refractivity contribution in [3.63, 3.8) is 0 Å². The van der Waals surface area contributed by atoms with Crippen LogP contribution in [-0.4, -0.2) is 42.0 Å². The Bertz CT molecular complexity index is 730. The Morgan fingerprint density at radius 3 is 2.74 bits per heavy atom. The van der Waals surface area contributed by atoms with E-state index >= 15 is 0 Å². The molecule has 2 aromatic rings. The summed E-state index contributed by atoms with van der Waals surface area (Å²) in [5, 5.41) is 1.19. The van der Waals surface area contributed by atoms with Crippen molar-refractivity contribution in [3.05, 3.63) is 48.2 Å². The highest BCUT2D eigenvalue weighted by Crippen LogP contribution is 2.27. The third-order valence-corrected chi connectivity index (χ3v) is 4.38. The first-order chi connectivity index (χ1) is 11.2. The average molecular weight is 309 g/mol. The summed E-state index contributed by atoms with van der Waals surface area (Å²) in [6.07, 6.45) is 6.40. The Morgan fingerprint density at radius 2 is 2.00 bits per heavy atom. The summed E-state index contributed by atoms with van der Waals surface area (Å²) < 4.78 is 0. The van der Waals surface area contributed by atoms with E-state index in [0.717, 1.165) is 38.1 Å². The van der Waals surface area contributed by atoms with Gasteiger partial charge in [0.2, 0.25) is 5.91 Å². The van der Waals surface area contributed by atoms with Crippen molar-refractivity contribution in [1.82, 2.24) is 9.88 Å². The maximum Gasteiger partial charge on any atom is 0.246 e. The molecule has 0 radical (unpaired) electrons. The highest BCUT2D eigenvalue weighted by atomic mass is 16.2. The Balaban J connectivity index is 1.77. The quantitative estimate of drug-likeness (QED) is 0.817. The van der Waals surface area contributed by atoms with Crippen LogP contribution < -0.4 is 4.90 Å². The van der Waals surface area contributed by atoms with E-state index in [-0.39, 0.29) is 5.91 Å². The summed E-state index contributed by atoms with van der Waals surface area (Å²) >= 11 is 0. The van der Waals surface area contributed by atoms with E-state index < -0.39 is 0 Å². The fraction of sp³-hybridized carbons (Fsp3) is 0.368. The van der Waals surface area contributed by atoms with Crippen LogP contribution in [0.15, 0.2) is 42.6 Å². The van der Waals surface area contributed by atoms with Crippen molar-refractivity contribution in [3.8, 4) is 0 Å². The standard InChI is InChI=1S/C19H23N3O/c1-3-4-8-18(23)22-13-11-21(12-14-22)17-9-10-20-19-15(2)6-5-7-16(17)19/h4-10H,3,11-14H2,1-2H3/b8-4+. The molecule has 3 rings (SSSR count). The molecular formula is C19H23N3O. The van der Waals surface area contributed by atoms with Gasteiger partial charge in [0, 0.05) is 43.4 Å². The molecule has 1 saturated heterocycles. The fourth-order valence-corrected chi connectivity index (χ4v) is 3.08. The van der Waals surface area contributed by atoms with Gasteiger partial charge in [-0.3, -0.25) is 9.78 Å². The lowest BCUT2D eigenvalue weighted by Gasteiger charge is -2.36. The maximum atomic E-state index is 12.1. The van der Waals surface area contributed by atoms with E-state index in [1.807, 2.05) is 24.1 Å². The third kappa shape index (κ3) is 3.21. The summed E-state index contributed by atoms with van der Waals surface area (Å²) in [6.45, 7) is 7.39. The number of para-hydroxylation sites is 1. The summed E-state index contributed by atoms with van der Waals surface area (Å²) in [6, 6.07) is 8.39. The number of piperazine rings is 1. The van der Waals surface area contributed by atoms with E-state index in [1.165, 1.54) is 16.6 Å². The topological polar surface area (TPSA) is 36.4 Å². The first-order valence-corrected chi connectivity index (χ1v) is 8.25. The number of aryl methyl sites for hydroxylation is 1. The number of pyridine rings is 1. The number of carbonyl (C=O) groups is 1. The first kappa shape index (κ1) is 15.5. The number of hydrogen-bond acceptors (Lipinski definition) is 3. The predicted molar refractivity (Wildman–Crippen MR) is 94.7 cm³/mol. The van der Waals surface area contributed by atoms with Crippen molar-refractivity contribution < 1.29 is 4.79 Å². The monoisotopic (exact) mass is 309 g/mol. The van der Waals surface area contributed by atoms with Gasteiger partial charge in [-0.05, 0) is 31.1 Å². The van der Waals surface area contributed by atoms with Crippen molar-refractivity contribution in [1.29, 1.82) is 0 Å². The molecule has 0 unspecified atom stereocenters. The van der Waals surface area contributed by atoms with Crippen LogP contribution in [0, 0.1) is 6.92 Å². The first-order valence-electron chi connectivity index (χ1n) is 8.25. The number of benzene rings is 1. The number of aromatic nitrogens is 1. The predicted octanol–water partition coefficient (Wildman–Crippen LogP) is 3.16. The third-order valence-electron chi connectivity index (χ3n) is 4.38. The van der Waals surface area contributed by atoms with Gasteiger partial charge in [0.05, 0.1) is 5.52 Å². The largest absolute Gasteiger partial charge is 0.367 e. The zero-order valence-electron chi connectivity index (χ0n) is 13.8. The summed E-state index contributed by atoms with van der Waals surface area (Å²) in [7, 11) is 0. The van der Waals surface area contributed by atoms with Gasteiger partial charge < -0.3 is 9.80 Å². The molecule has 2 heterocycles. The van der Waals surface area contributed by atoms with Gasteiger partial charge in [0.15, 0.2) is 0 Å². The van der Waals surface area contributed by atoms with Crippen molar-refractivity contribution in [2.75, 3.05) is 31.1 Å². The molecular weight excluding hydrogens is 286 g/mol. The van der Waals surface area contributed by atoms with Gasteiger partial charge >= 0.3 is 0 Å². The second-order valence-corrected chi connectivity index (χ2v) is 5.92. The van der Waals surface area contributed by atoms with Gasteiger partial charge in [0.1, 0.15) is 0 Å². The summed E-state index contributed by atoms with van der Waals surface area (Å²) in [5.41, 5.74) is 3.48. The van der Waals surface area contributed by atoms with Crippen LogP contribution in [0.25, 0.3) is 10.9 Å². The van der Waals surface area contributed by atoms with Gasteiger partial charge in [0.25, 0.3) is 0 Å². The van der Waals surface area contributed by atoms with Gasteiger partial charge in [-0.2, -0.15) is 0 Å². The molecule has 0 saturated carbocycles. The minimum Gasteiger partial charge on any atom is -0.367 e.